The Balaban J connectivity index is 1.73. The molecule has 7 nitrogen and oxygen atoms in total. The summed E-state index contributed by atoms with van der Waals surface area (Å²) in [5.41, 5.74) is 1.09. The molecule has 2 aromatic rings. The molecule has 7 heteroatoms. The Hall–Kier alpha value is -2.77. The van der Waals surface area contributed by atoms with Crippen molar-refractivity contribution in [2.24, 2.45) is 0 Å². The van der Waals surface area contributed by atoms with Crippen molar-refractivity contribution in [3.63, 3.8) is 0 Å². The van der Waals surface area contributed by atoms with E-state index in [0.29, 0.717) is 37.3 Å². The molecule has 3 rings (SSSR count). The SMILES string of the molecule is CN(C)CC1(O)CCN(C(=O)c2ccc(-c3cc(C(=O)O)ccn3)cc2)C1. The maximum atomic E-state index is 12.7. The van der Waals surface area contributed by atoms with Crippen molar-refractivity contribution in [1.29, 1.82) is 0 Å². The zero-order valence-electron chi connectivity index (χ0n) is 15.4. The molecule has 1 aliphatic rings. The Bertz CT molecular complexity index is 851. The number of aromatic carboxylic acids is 1. The highest BCUT2D eigenvalue weighted by Gasteiger charge is 2.38. The van der Waals surface area contributed by atoms with Crippen LogP contribution in [-0.2, 0) is 0 Å². The summed E-state index contributed by atoms with van der Waals surface area (Å²) >= 11 is 0. The van der Waals surface area contributed by atoms with Gasteiger partial charge in [0.1, 0.15) is 0 Å². The van der Waals surface area contributed by atoms with Gasteiger partial charge in [0, 0.05) is 30.4 Å². The highest BCUT2D eigenvalue weighted by atomic mass is 16.4. The van der Waals surface area contributed by atoms with Crippen LogP contribution in [0.1, 0.15) is 27.1 Å². The number of carboxylic acid groups (broad SMARTS) is 1. The smallest absolute Gasteiger partial charge is 0.335 e. The number of aliphatic hydroxyl groups is 1. The monoisotopic (exact) mass is 369 g/mol. The van der Waals surface area contributed by atoms with Gasteiger partial charge in [0.2, 0.25) is 0 Å². The molecule has 1 unspecified atom stereocenters. The first-order valence-electron chi connectivity index (χ1n) is 8.74. The van der Waals surface area contributed by atoms with Gasteiger partial charge < -0.3 is 20.0 Å². The molecule has 1 aromatic carbocycles. The minimum absolute atomic E-state index is 0.122. The van der Waals surface area contributed by atoms with Crippen LogP contribution in [0.3, 0.4) is 0 Å². The highest BCUT2D eigenvalue weighted by Crippen LogP contribution is 2.25. The number of aromatic nitrogens is 1. The zero-order valence-corrected chi connectivity index (χ0v) is 15.4. The van der Waals surface area contributed by atoms with Gasteiger partial charge in [0.15, 0.2) is 0 Å². The first-order chi connectivity index (χ1) is 12.8. The van der Waals surface area contributed by atoms with E-state index in [1.54, 1.807) is 29.2 Å². The van der Waals surface area contributed by atoms with Crippen LogP contribution in [0.25, 0.3) is 11.3 Å². The number of rotatable bonds is 5. The molecule has 2 heterocycles. The number of carboxylic acids is 1. The van der Waals surface area contributed by atoms with Crippen molar-refractivity contribution in [2.45, 2.75) is 12.0 Å². The van der Waals surface area contributed by atoms with E-state index in [-0.39, 0.29) is 11.5 Å². The first-order valence-corrected chi connectivity index (χ1v) is 8.74. The second kappa shape index (κ2) is 7.46. The van der Waals surface area contributed by atoms with Crippen molar-refractivity contribution < 1.29 is 19.8 Å². The van der Waals surface area contributed by atoms with E-state index in [1.165, 1.54) is 18.3 Å². The van der Waals surface area contributed by atoms with Gasteiger partial charge in [0.05, 0.1) is 23.4 Å². The predicted octanol–water partition coefficient (Wildman–Crippen LogP) is 1.59. The number of pyridine rings is 1. The average molecular weight is 369 g/mol. The first kappa shape index (κ1) is 19.0. The number of hydrogen-bond acceptors (Lipinski definition) is 5. The van der Waals surface area contributed by atoms with Crippen molar-refractivity contribution in [3.8, 4) is 11.3 Å². The Morgan fingerprint density at radius 2 is 1.89 bits per heavy atom. The molecule has 0 aliphatic carbocycles. The van der Waals surface area contributed by atoms with E-state index in [9.17, 15) is 14.7 Å². The second-order valence-corrected chi connectivity index (χ2v) is 7.25. The van der Waals surface area contributed by atoms with Crippen LogP contribution in [0.5, 0.6) is 0 Å². The van der Waals surface area contributed by atoms with Gasteiger partial charge >= 0.3 is 5.97 Å². The quantitative estimate of drug-likeness (QED) is 0.831. The van der Waals surface area contributed by atoms with Crippen molar-refractivity contribution >= 4 is 11.9 Å². The van der Waals surface area contributed by atoms with E-state index in [4.69, 9.17) is 5.11 Å². The molecule has 1 aliphatic heterocycles. The lowest BCUT2D eigenvalue weighted by Crippen LogP contribution is -2.43. The third-order valence-electron chi connectivity index (χ3n) is 4.66. The normalized spacial score (nSPS) is 19.5. The fourth-order valence-electron chi connectivity index (χ4n) is 3.44. The molecule has 2 N–H and O–H groups in total. The minimum atomic E-state index is -1.01. The summed E-state index contributed by atoms with van der Waals surface area (Å²) in [7, 11) is 3.79. The van der Waals surface area contributed by atoms with Crippen molar-refractivity contribution in [1.82, 2.24) is 14.8 Å². The third-order valence-corrected chi connectivity index (χ3v) is 4.66. The van der Waals surface area contributed by atoms with Crippen LogP contribution >= 0.6 is 0 Å². The summed E-state index contributed by atoms with van der Waals surface area (Å²) in [6, 6.07) is 9.85. The number of carbonyl (C=O) groups is 2. The van der Waals surface area contributed by atoms with Crippen molar-refractivity contribution in [2.75, 3.05) is 33.7 Å². The molecule has 1 amide bonds. The number of likely N-dealkylation sites (N-methyl/N-ethyl adjacent to an activating group) is 1. The molecule has 1 saturated heterocycles. The number of carbonyl (C=O) groups excluding carboxylic acids is 1. The summed E-state index contributed by atoms with van der Waals surface area (Å²) in [5, 5.41) is 19.7. The standard InChI is InChI=1S/C20H23N3O4/c1-22(2)12-20(27)8-10-23(13-20)18(24)15-5-3-14(4-6-15)17-11-16(19(25)26)7-9-21-17/h3-7,9,11,27H,8,10,12-13H2,1-2H3,(H,25,26). The summed E-state index contributed by atoms with van der Waals surface area (Å²) < 4.78 is 0. The van der Waals surface area contributed by atoms with Gasteiger partial charge in [-0.05, 0) is 44.8 Å². The predicted molar refractivity (Wildman–Crippen MR) is 101 cm³/mol. The Kier molecular flexibility index (Phi) is 5.25. The van der Waals surface area contributed by atoms with E-state index in [0.717, 1.165) is 5.56 Å². The second-order valence-electron chi connectivity index (χ2n) is 7.25. The zero-order chi connectivity index (χ0) is 19.6. The molecular formula is C20H23N3O4. The van der Waals surface area contributed by atoms with Crippen LogP contribution < -0.4 is 0 Å². The molecule has 1 atom stereocenters. The summed E-state index contributed by atoms with van der Waals surface area (Å²) in [6.45, 7) is 1.35. The number of hydrogen-bond donors (Lipinski definition) is 2. The van der Waals surface area contributed by atoms with E-state index in [1.807, 2.05) is 19.0 Å². The lowest BCUT2D eigenvalue weighted by molar-refractivity contribution is 0.0236. The highest BCUT2D eigenvalue weighted by molar-refractivity contribution is 5.95. The number of likely N-dealkylation sites (tertiary alicyclic amines) is 1. The van der Waals surface area contributed by atoms with Gasteiger partial charge in [-0.3, -0.25) is 9.78 Å². The molecule has 0 saturated carbocycles. The van der Waals surface area contributed by atoms with Gasteiger partial charge in [-0.1, -0.05) is 12.1 Å². The summed E-state index contributed by atoms with van der Waals surface area (Å²) in [6.07, 6.45) is 2.01. The topological polar surface area (TPSA) is 94.0 Å². The van der Waals surface area contributed by atoms with E-state index in [2.05, 4.69) is 4.98 Å². The van der Waals surface area contributed by atoms with Crippen LogP contribution in [0.4, 0.5) is 0 Å². The number of amides is 1. The fourth-order valence-corrected chi connectivity index (χ4v) is 3.44. The van der Waals surface area contributed by atoms with Crippen LogP contribution in [0, 0.1) is 0 Å². The lowest BCUT2D eigenvalue weighted by Gasteiger charge is -2.26. The van der Waals surface area contributed by atoms with Gasteiger partial charge in [-0.25, -0.2) is 4.79 Å². The fraction of sp³-hybridized carbons (Fsp3) is 0.350. The van der Waals surface area contributed by atoms with Crippen molar-refractivity contribution in [3.05, 3.63) is 53.7 Å². The number of nitrogens with zero attached hydrogens (tertiary/aromatic N) is 3. The molecule has 1 fully saturated rings. The molecular weight excluding hydrogens is 346 g/mol. The number of β-amino-alcohol motifs (C(OH)–C–C–N with tert-alkyl or cyclic N) is 1. The molecule has 0 bridgehead atoms. The average Bonchev–Trinajstić information content (AvgIpc) is 3.02. The Morgan fingerprint density at radius 3 is 2.52 bits per heavy atom. The Labute approximate surface area is 157 Å². The van der Waals surface area contributed by atoms with Crippen LogP contribution in [0.15, 0.2) is 42.6 Å². The maximum Gasteiger partial charge on any atom is 0.335 e. The summed E-state index contributed by atoms with van der Waals surface area (Å²) in [5.74, 6) is -1.13. The van der Waals surface area contributed by atoms with Crippen LogP contribution in [0.2, 0.25) is 0 Å². The van der Waals surface area contributed by atoms with Gasteiger partial charge in [-0.15, -0.1) is 0 Å². The maximum absolute atomic E-state index is 12.7. The van der Waals surface area contributed by atoms with Crippen LogP contribution in [-0.4, -0.2) is 76.2 Å². The minimum Gasteiger partial charge on any atom is -0.478 e. The Morgan fingerprint density at radius 1 is 1.19 bits per heavy atom. The molecule has 0 spiro atoms. The van der Waals surface area contributed by atoms with Gasteiger partial charge in [0.25, 0.3) is 5.91 Å². The molecule has 27 heavy (non-hydrogen) atoms. The molecule has 142 valence electrons. The molecule has 0 radical (unpaired) electrons. The molecule has 1 aromatic heterocycles. The van der Waals surface area contributed by atoms with E-state index >= 15 is 0 Å². The largest absolute Gasteiger partial charge is 0.478 e. The third kappa shape index (κ3) is 4.32. The summed E-state index contributed by atoms with van der Waals surface area (Å²) in [4.78, 5) is 31.6. The lowest BCUT2D eigenvalue weighted by atomic mass is 10.0. The number of benzene rings is 1. The van der Waals surface area contributed by atoms with E-state index < -0.39 is 11.6 Å². The van der Waals surface area contributed by atoms with Gasteiger partial charge in [-0.2, -0.15) is 0 Å².